The molecule has 1 aromatic carbocycles. The molecule has 0 saturated carbocycles. The van der Waals surface area contributed by atoms with Gasteiger partial charge < -0.3 is 10.6 Å². The van der Waals surface area contributed by atoms with E-state index in [2.05, 4.69) is 19.1 Å². The zero-order valence-electron chi connectivity index (χ0n) is 10.4. The quantitative estimate of drug-likeness (QED) is 0.839. The van der Waals surface area contributed by atoms with Gasteiger partial charge in [0.15, 0.2) is 0 Å². The Kier molecular flexibility index (Phi) is 3.79. The molecule has 1 aliphatic rings. The molecule has 0 aromatic heterocycles. The van der Waals surface area contributed by atoms with Crippen LogP contribution in [0.3, 0.4) is 0 Å². The number of carbonyl (C=O) groups excluding carboxylic acids is 1. The average Bonchev–Trinajstić information content (AvgIpc) is 2.33. The highest BCUT2D eigenvalue weighted by atomic mass is 16.2. The number of carbonyl (C=O) groups is 1. The van der Waals surface area contributed by atoms with Crippen LogP contribution in [-0.2, 0) is 11.2 Å². The average molecular weight is 232 g/mol. The number of nitrogens with two attached hydrogens (primary N) is 1. The second-order valence-corrected chi connectivity index (χ2v) is 4.88. The largest absolute Gasteiger partial charge is 0.342 e. The van der Waals surface area contributed by atoms with Gasteiger partial charge in [-0.25, -0.2) is 0 Å². The van der Waals surface area contributed by atoms with E-state index >= 15 is 0 Å². The van der Waals surface area contributed by atoms with Crippen LogP contribution >= 0.6 is 0 Å². The Morgan fingerprint density at radius 1 is 1.29 bits per heavy atom. The van der Waals surface area contributed by atoms with Crippen LogP contribution in [-0.4, -0.2) is 29.9 Å². The predicted octanol–water partition coefficient (Wildman–Crippen LogP) is 1.49. The topological polar surface area (TPSA) is 46.3 Å². The van der Waals surface area contributed by atoms with E-state index in [0.717, 1.165) is 31.5 Å². The van der Waals surface area contributed by atoms with Crippen LogP contribution in [0.25, 0.3) is 0 Å². The molecule has 3 heteroatoms. The molecule has 0 aliphatic carbocycles. The number of aryl methyl sites for hydroxylation is 1. The lowest BCUT2D eigenvalue weighted by atomic mass is 10.0. The van der Waals surface area contributed by atoms with Crippen LogP contribution in [0.15, 0.2) is 24.3 Å². The molecule has 0 radical (unpaired) electrons. The van der Waals surface area contributed by atoms with Crippen molar-refractivity contribution in [3.05, 3.63) is 35.4 Å². The van der Waals surface area contributed by atoms with Gasteiger partial charge in [-0.05, 0) is 25.3 Å². The van der Waals surface area contributed by atoms with Gasteiger partial charge in [0.25, 0.3) is 0 Å². The van der Waals surface area contributed by atoms with Crippen molar-refractivity contribution in [2.24, 2.45) is 5.73 Å². The van der Waals surface area contributed by atoms with Crippen LogP contribution in [0.4, 0.5) is 0 Å². The zero-order valence-corrected chi connectivity index (χ0v) is 10.4. The van der Waals surface area contributed by atoms with E-state index in [9.17, 15) is 4.79 Å². The van der Waals surface area contributed by atoms with E-state index in [1.54, 1.807) is 0 Å². The van der Waals surface area contributed by atoms with Gasteiger partial charge in [-0.3, -0.25) is 4.79 Å². The Bertz CT molecular complexity index is 378. The van der Waals surface area contributed by atoms with Crippen LogP contribution in [0, 0.1) is 6.92 Å². The molecule has 2 rings (SSSR count). The third kappa shape index (κ3) is 3.30. The second-order valence-electron chi connectivity index (χ2n) is 4.88. The minimum absolute atomic E-state index is 0.223. The van der Waals surface area contributed by atoms with Gasteiger partial charge in [0, 0.05) is 19.1 Å². The van der Waals surface area contributed by atoms with Gasteiger partial charge in [-0.2, -0.15) is 0 Å². The van der Waals surface area contributed by atoms with Crippen molar-refractivity contribution in [2.45, 2.75) is 32.2 Å². The van der Waals surface area contributed by atoms with Crippen molar-refractivity contribution < 1.29 is 4.79 Å². The monoisotopic (exact) mass is 232 g/mol. The molecule has 1 heterocycles. The standard InChI is InChI=1S/C14H20N2O/c1-11-2-4-12(5-3-11)10-14(17)16-8-6-13(15)7-9-16/h2-5,13H,6-10,15H2,1H3. The molecule has 1 amide bonds. The van der Waals surface area contributed by atoms with Crippen molar-refractivity contribution in [3.8, 4) is 0 Å². The number of rotatable bonds is 2. The molecule has 1 fully saturated rings. The molecular formula is C14H20N2O. The van der Waals surface area contributed by atoms with Crippen LogP contribution < -0.4 is 5.73 Å². The Hall–Kier alpha value is -1.35. The predicted molar refractivity (Wildman–Crippen MR) is 68.7 cm³/mol. The van der Waals surface area contributed by atoms with Gasteiger partial charge in [-0.15, -0.1) is 0 Å². The highest BCUT2D eigenvalue weighted by Crippen LogP contribution is 2.11. The molecule has 0 bridgehead atoms. The summed E-state index contributed by atoms with van der Waals surface area (Å²) in [5, 5.41) is 0. The first-order valence-corrected chi connectivity index (χ1v) is 6.24. The lowest BCUT2D eigenvalue weighted by Crippen LogP contribution is -2.43. The number of nitrogens with zero attached hydrogens (tertiary/aromatic N) is 1. The van der Waals surface area contributed by atoms with E-state index in [1.165, 1.54) is 5.56 Å². The second kappa shape index (κ2) is 5.32. The smallest absolute Gasteiger partial charge is 0.226 e. The lowest BCUT2D eigenvalue weighted by Gasteiger charge is -2.30. The third-order valence-electron chi connectivity index (χ3n) is 3.37. The first-order valence-electron chi connectivity index (χ1n) is 6.24. The maximum Gasteiger partial charge on any atom is 0.226 e. The summed E-state index contributed by atoms with van der Waals surface area (Å²) in [5.74, 6) is 0.223. The summed E-state index contributed by atoms with van der Waals surface area (Å²) < 4.78 is 0. The Labute approximate surface area is 103 Å². The Morgan fingerprint density at radius 2 is 1.88 bits per heavy atom. The van der Waals surface area contributed by atoms with Crippen LogP contribution in [0.1, 0.15) is 24.0 Å². The zero-order chi connectivity index (χ0) is 12.3. The first kappa shape index (κ1) is 12.1. The van der Waals surface area contributed by atoms with E-state index in [4.69, 9.17) is 5.73 Å². The number of hydrogen-bond donors (Lipinski definition) is 1. The highest BCUT2D eigenvalue weighted by Gasteiger charge is 2.20. The van der Waals surface area contributed by atoms with Gasteiger partial charge in [0.1, 0.15) is 0 Å². The Balaban J connectivity index is 1.90. The van der Waals surface area contributed by atoms with E-state index < -0.39 is 0 Å². The van der Waals surface area contributed by atoms with Crippen molar-refractivity contribution in [2.75, 3.05) is 13.1 Å². The summed E-state index contributed by atoms with van der Waals surface area (Å²) in [7, 11) is 0. The molecule has 92 valence electrons. The molecule has 17 heavy (non-hydrogen) atoms. The SMILES string of the molecule is Cc1ccc(CC(=O)N2CCC(N)CC2)cc1. The maximum absolute atomic E-state index is 12.0. The third-order valence-corrected chi connectivity index (χ3v) is 3.37. The first-order chi connectivity index (χ1) is 8.15. The normalized spacial score (nSPS) is 17.2. The number of likely N-dealkylation sites (tertiary alicyclic amines) is 1. The number of hydrogen-bond acceptors (Lipinski definition) is 2. The molecule has 2 N–H and O–H groups in total. The fourth-order valence-electron chi connectivity index (χ4n) is 2.14. The van der Waals surface area contributed by atoms with Gasteiger partial charge in [0.2, 0.25) is 5.91 Å². The Morgan fingerprint density at radius 3 is 2.47 bits per heavy atom. The van der Waals surface area contributed by atoms with Crippen molar-refractivity contribution >= 4 is 5.91 Å². The van der Waals surface area contributed by atoms with E-state index in [1.807, 2.05) is 17.0 Å². The summed E-state index contributed by atoms with van der Waals surface area (Å²) in [4.78, 5) is 14.0. The van der Waals surface area contributed by atoms with E-state index in [-0.39, 0.29) is 11.9 Å². The summed E-state index contributed by atoms with van der Waals surface area (Å²) in [6.45, 7) is 3.68. The molecule has 0 spiro atoms. The fourth-order valence-corrected chi connectivity index (χ4v) is 2.14. The maximum atomic E-state index is 12.0. The minimum Gasteiger partial charge on any atom is -0.342 e. The number of amides is 1. The highest BCUT2D eigenvalue weighted by molar-refractivity contribution is 5.78. The van der Waals surface area contributed by atoms with Crippen molar-refractivity contribution in [3.63, 3.8) is 0 Å². The van der Waals surface area contributed by atoms with Gasteiger partial charge >= 0.3 is 0 Å². The fraction of sp³-hybridized carbons (Fsp3) is 0.500. The van der Waals surface area contributed by atoms with Crippen LogP contribution in [0.2, 0.25) is 0 Å². The number of piperidine rings is 1. The van der Waals surface area contributed by atoms with Crippen molar-refractivity contribution in [1.29, 1.82) is 0 Å². The van der Waals surface area contributed by atoms with Gasteiger partial charge in [-0.1, -0.05) is 29.8 Å². The molecule has 1 aliphatic heterocycles. The lowest BCUT2D eigenvalue weighted by molar-refractivity contribution is -0.131. The summed E-state index contributed by atoms with van der Waals surface area (Å²) in [5.41, 5.74) is 8.15. The van der Waals surface area contributed by atoms with Crippen LogP contribution in [0.5, 0.6) is 0 Å². The molecular weight excluding hydrogens is 212 g/mol. The summed E-state index contributed by atoms with van der Waals surface area (Å²) >= 11 is 0. The van der Waals surface area contributed by atoms with Crippen molar-refractivity contribution in [1.82, 2.24) is 4.90 Å². The number of benzene rings is 1. The molecule has 0 atom stereocenters. The molecule has 0 unspecified atom stereocenters. The molecule has 1 saturated heterocycles. The minimum atomic E-state index is 0.223. The summed E-state index contributed by atoms with van der Waals surface area (Å²) in [6, 6.07) is 8.44. The molecule has 1 aromatic rings. The summed E-state index contributed by atoms with van der Waals surface area (Å²) in [6.07, 6.45) is 2.37. The van der Waals surface area contributed by atoms with E-state index in [0.29, 0.717) is 6.42 Å². The van der Waals surface area contributed by atoms with Gasteiger partial charge in [0.05, 0.1) is 6.42 Å². The molecule has 3 nitrogen and oxygen atoms in total.